The summed E-state index contributed by atoms with van der Waals surface area (Å²) in [7, 11) is 0. The van der Waals surface area contributed by atoms with Crippen LogP contribution in [0.2, 0.25) is 5.15 Å². The molecule has 1 aromatic heterocycles. The first-order valence-electron chi connectivity index (χ1n) is 5.98. The van der Waals surface area contributed by atoms with Gasteiger partial charge in [-0.25, -0.2) is 9.97 Å². The highest BCUT2D eigenvalue weighted by molar-refractivity contribution is 6.30. The van der Waals surface area contributed by atoms with Crippen molar-refractivity contribution in [2.24, 2.45) is 0 Å². The largest absolute Gasteiger partial charge is 0.396 e. The van der Waals surface area contributed by atoms with Gasteiger partial charge in [-0.1, -0.05) is 18.5 Å². The van der Waals surface area contributed by atoms with Gasteiger partial charge in [0.2, 0.25) is 0 Å². The quantitative estimate of drug-likeness (QED) is 0.769. The van der Waals surface area contributed by atoms with Crippen LogP contribution in [0.25, 0.3) is 0 Å². The summed E-state index contributed by atoms with van der Waals surface area (Å²) >= 11 is 6.05. The first kappa shape index (κ1) is 14.2. The van der Waals surface area contributed by atoms with Gasteiger partial charge in [0.25, 0.3) is 0 Å². The molecule has 1 aromatic rings. The van der Waals surface area contributed by atoms with E-state index in [1.807, 2.05) is 13.8 Å². The summed E-state index contributed by atoms with van der Waals surface area (Å²) in [6, 6.07) is 0.261. The van der Waals surface area contributed by atoms with E-state index in [1.165, 1.54) is 0 Å². The summed E-state index contributed by atoms with van der Waals surface area (Å²) in [4.78, 5) is 8.63. The number of anilines is 1. The number of hydrogen-bond donors (Lipinski definition) is 2. The summed E-state index contributed by atoms with van der Waals surface area (Å²) < 4.78 is 0. The lowest BCUT2D eigenvalue weighted by atomic mass is 10.2. The van der Waals surface area contributed by atoms with Crippen LogP contribution in [0.4, 0.5) is 5.82 Å². The van der Waals surface area contributed by atoms with E-state index in [4.69, 9.17) is 16.7 Å². The molecule has 17 heavy (non-hydrogen) atoms. The Morgan fingerprint density at radius 1 is 1.41 bits per heavy atom. The Morgan fingerprint density at radius 2 is 2.12 bits per heavy atom. The second kappa shape index (κ2) is 6.77. The number of rotatable bonds is 6. The van der Waals surface area contributed by atoms with Crippen molar-refractivity contribution in [3.05, 3.63) is 16.5 Å². The van der Waals surface area contributed by atoms with E-state index in [0.29, 0.717) is 5.15 Å². The Morgan fingerprint density at radius 3 is 2.71 bits per heavy atom. The van der Waals surface area contributed by atoms with Crippen LogP contribution >= 0.6 is 11.6 Å². The zero-order valence-electron chi connectivity index (χ0n) is 10.6. The highest BCUT2D eigenvalue weighted by Crippen LogP contribution is 2.21. The third kappa shape index (κ3) is 4.13. The number of aliphatic hydroxyl groups excluding tert-OH is 1. The first-order valence-corrected chi connectivity index (χ1v) is 6.36. The number of nitrogens with one attached hydrogen (secondary N) is 1. The molecule has 5 heteroatoms. The van der Waals surface area contributed by atoms with Crippen molar-refractivity contribution in [1.29, 1.82) is 0 Å². The zero-order chi connectivity index (χ0) is 12.8. The molecule has 1 atom stereocenters. The van der Waals surface area contributed by atoms with Crippen LogP contribution in [-0.2, 0) is 6.42 Å². The predicted octanol–water partition coefficient (Wildman–Crippen LogP) is 2.57. The van der Waals surface area contributed by atoms with Gasteiger partial charge >= 0.3 is 0 Å². The summed E-state index contributed by atoms with van der Waals surface area (Å²) in [6.07, 6.45) is 2.45. The van der Waals surface area contributed by atoms with Gasteiger partial charge < -0.3 is 10.4 Å². The monoisotopic (exact) mass is 257 g/mol. The lowest BCUT2D eigenvalue weighted by molar-refractivity contribution is 0.282. The summed E-state index contributed by atoms with van der Waals surface area (Å²) in [5, 5.41) is 12.6. The summed E-state index contributed by atoms with van der Waals surface area (Å²) in [5.41, 5.74) is 0.875. The fourth-order valence-electron chi connectivity index (χ4n) is 1.53. The molecule has 4 nitrogen and oxygen atoms in total. The molecule has 1 heterocycles. The van der Waals surface area contributed by atoms with E-state index in [0.717, 1.165) is 36.5 Å². The minimum Gasteiger partial charge on any atom is -0.396 e. The molecule has 96 valence electrons. The molecule has 0 spiro atoms. The van der Waals surface area contributed by atoms with Crippen molar-refractivity contribution in [3.63, 3.8) is 0 Å². The van der Waals surface area contributed by atoms with E-state index in [1.54, 1.807) is 0 Å². The molecule has 0 saturated carbocycles. The maximum Gasteiger partial charge on any atom is 0.137 e. The maximum atomic E-state index is 8.79. The molecular weight excluding hydrogens is 238 g/mol. The molecule has 1 rings (SSSR count). The molecule has 0 saturated heterocycles. The third-order valence-corrected chi connectivity index (χ3v) is 3.00. The average Bonchev–Trinajstić information content (AvgIpc) is 2.32. The lowest BCUT2D eigenvalue weighted by Gasteiger charge is -2.16. The molecule has 0 aliphatic rings. The van der Waals surface area contributed by atoms with Crippen molar-refractivity contribution >= 4 is 17.4 Å². The number of halogens is 1. The average molecular weight is 258 g/mol. The SMILES string of the molecule is CCc1nc(Cl)c(C)c(NC(C)CCCO)n1. The van der Waals surface area contributed by atoms with Crippen molar-refractivity contribution in [3.8, 4) is 0 Å². The predicted molar refractivity (Wildman–Crippen MR) is 70.6 cm³/mol. The normalized spacial score (nSPS) is 12.5. The molecule has 0 aromatic carbocycles. The van der Waals surface area contributed by atoms with E-state index in [-0.39, 0.29) is 12.6 Å². The zero-order valence-corrected chi connectivity index (χ0v) is 11.4. The van der Waals surface area contributed by atoms with Gasteiger partial charge in [0.15, 0.2) is 0 Å². The molecule has 0 radical (unpaired) electrons. The number of nitrogens with zero attached hydrogens (tertiary/aromatic N) is 2. The van der Waals surface area contributed by atoms with Crippen LogP contribution in [0.5, 0.6) is 0 Å². The van der Waals surface area contributed by atoms with E-state index < -0.39 is 0 Å². The number of aryl methyl sites for hydroxylation is 1. The van der Waals surface area contributed by atoms with Gasteiger partial charge in [-0.2, -0.15) is 0 Å². The second-order valence-electron chi connectivity index (χ2n) is 4.17. The molecule has 0 aliphatic carbocycles. The minimum atomic E-state index is 0.218. The Kier molecular flexibility index (Phi) is 5.65. The Bertz CT molecular complexity index is 371. The second-order valence-corrected chi connectivity index (χ2v) is 4.53. The number of aliphatic hydroxyl groups is 1. The fraction of sp³-hybridized carbons (Fsp3) is 0.667. The number of aromatic nitrogens is 2. The van der Waals surface area contributed by atoms with Crippen LogP contribution in [-0.4, -0.2) is 27.7 Å². The standard InChI is InChI=1S/C12H20ClN3O/c1-4-10-15-11(13)9(3)12(16-10)14-8(2)6-5-7-17/h8,17H,4-7H2,1-3H3,(H,14,15,16). The van der Waals surface area contributed by atoms with Crippen molar-refractivity contribution < 1.29 is 5.11 Å². The fourth-order valence-corrected chi connectivity index (χ4v) is 1.72. The summed E-state index contributed by atoms with van der Waals surface area (Å²) in [5.74, 6) is 1.55. The summed E-state index contributed by atoms with van der Waals surface area (Å²) in [6.45, 7) is 6.19. The van der Waals surface area contributed by atoms with Crippen LogP contribution in [0.1, 0.15) is 38.1 Å². The molecule has 0 fully saturated rings. The van der Waals surface area contributed by atoms with E-state index >= 15 is 0 Å². The third-order valence-electron chi connectivity index (χ3n) is 2.63. The molecule has 0 bridgehead atoms. The Balaban J connectivity index is 2.78. The smallest absolute Gasteiger partial charge is 0.137 e. The van der Waals surface area contributed by atoms with Crippen LogP contribution < -0.4 is 5.32 Å². The Hall–Kier alpha value is -0.870. The maximum absolute atomic E-state index is 8.79. The molecule has 1 unspecified atom stereocenters. The van der Waals surface area contributed by atoms with Crippen molar-refractivity contribution in [2.75, 3.05) is 11.9 Å². The van der Waals surface area contributed by atoms with Crippen LogP contribution in [0.3, 0.4) is 0 Å². The first-order chi connectivity index (χ1) is 8.08. The topological polar surface area (TPSA) is 58.0 Å². The highest BCUT2D eigenvalue weighted by atomic mass is 35.5. The minimum absolute atomic E-state index is 0.218. The van der Waals surface area contributed by atoms with E-state index in [9.17, 15) is 0 Å². The van der Waals surface area contributed by atoms with Crippen molar-refractivity contribution in [2.45, 2.75) is 46.1 Å². The molecular formula is C12H20ClN3O. The van der Waals surface area contributed by atoms with Gasteiger partial charge in [-0.05, 0) is 26.7 Å². The highest BCUT2D eigenvalue weighted by Gasteiger charge is 2.10. The van der Waals surface area contributed by atoms with Gasteiger partial charge in [-0.15, -0.1) is 0 Å². The van der Waals surface area contributed by atoms with Crippen LogP contribution in [0.15, 0.2) is 0 Å². The lowest BCUT2D eigenvalue weighted by Crippen LogP contribution is -2.18. The molecule has 2 N–H and O–H groups in total. The van der Waals surface area contributed by atoms with Crippen LogP contribution in [0, 0.1) is 6.92 Å². The van der Waals surface area contributed by atoms with Gasteiger partial charge in [0.05, 0.1) is 0 Å². The van der Waals surface area contributed by atoms with Crippen molar-refractivity contribution in [1.82, 2.24) is 9.97 Å². The Labute approximate surface area is 107 Å². The van der Waals surface area contributed by atoms with Gasteiger partial charge in [-0.3, -0.25) is 0 Å². The molecule has 0 amide bonds. The molecule has 0 aliphatic heterocycles. The van der Waals surface area contributed by atoms with Gasteiger partial charge in [0, 0.05) is 24.6 Å². The van der Waals surface area contributed by atoms with Gasteiger partial charge in [0.1, 0.15) is 16.8 Å². The van der Waals surface area contributed by atoms with E-state index in [2.05, 4.69) is 22.2 Å². The number of hydrogen-bond acceptors (Lipinski definition) is 4.